The van der Waals surface area contributed by atoms with Gasteiger partial charge in [0.15, 0.2) is 23.3 Å². The molecule has 0 heterocycles. The van der Waals surface area contributed by atoms with Crippen LogP contribution in [-0.4, -0.2) is 7.05 Å². The molecule has 0 spiro atoms. The Kier molecular flexibility index (Phi) is 3.10. The molecular formula is C9H9F4N. The Hall–Kier alpha value is -1.10. The first-order valence-electron chi connectivity index (χ1n) is 3.96. The predicted octanol–water partition coefficient (Wildman–Crippen LogP) is 2.27. The first-order valence-corrected chi connectivity index (χ1v) is 3.96. The summed E-state index contributed by atoms with van der Waals surface area (Å²) in [6, 6.07) is 0. The molecule has 0 aliphatic heterocycles. The second-order valence-corrected chi connectivity index (χ2v) is 2.89. The maximum Gasteiger partial charge on any atom is 0.166 e. The van der Waals surface area contributed by atoms with Crippen LogP contribution < -0.4 is 5.32 Å². The van der Waals surface area contributed by atoms with E-state index in [4.69, 9.17) is 0 Å². The summed E-state index contributed by atoms with van der Waals surface area (Å²) >= 11 is 0. The van der Waals surface area contributed by atoms with Crippen LogP contribution in [0.5, 0.6) is 0 Å². The minimum Gasteiger partial charge on any atom is -0.315 e. The van der Waals surface area contributed by atoms with Crippen molar-refractivity contribution in [3.63, 3.8) is 0 Å². The lowest BCUT2D eigenvalue weighted by Crippen LogP contribution is -2.13. The molecule has 14 heavy (non-hydrogen) atoms. The first kappa shape index (κ1) is 11.0. The summed E-state index contributed by atoms with van der Waals surface area (Å²) in [4.78, 5) is 0. The zero-order valence-corrected chi connectivity index (χ0v) is 7.72. The number of nitrogens with one attached hydrogen (secondary N) is 1. The van der Waals surface area contributed by atoms with Gasteiger partial charge in [0, 0.05) is 17.7 Å². The minimum absolute atomic E-state index is 0.258. The van der Waals surface area contributed by atoms with Gasteiger partial charge in [-0.3, -0.25) is 0 Å². The van der Waals surface area contributed by atoms with Gasteiger partial charge in [0.1, 0.15) is 0 Å². The summed E-state index contributed by atoms with van der Waals surface area (Å²) in [5.74, 6) is -5.35. The largest absolute Gasteiger partial charge is 0.315 e. The van der Waals surface area contributed by atoms with E-state index in [9.17, 15) is 17.6 Å². The lowest BCUT2D eigenvalue weighted by atomic mass is 10.1. The van der Waals surface area contributed by atoms with Gasteiger partial charge in [-0.1, -0.05) is 0 Å². The third kappa shape index (κ3) is 1.59. The van der Waals surface area contributed by atoms with E-state index in [1.165, 1.54) is 7.05 Å². The standard InChI is InChI=1S/C9H9F4N/c1-4-6(10)8(12)5(3-14-2)9(13)7(4)11/h14H,3H2,1-2H3. The summed E-state index contributed by atoms with van der Waals surface area (Å²) in [6.45, 7) is 0.728. The van der Waals surface area contributed by atoms with Gasteiger partial charge in [0.25, 0.3) is 0 Å². The molecule has 1 aromatic carbocycles. The zero-order valence-electron chi connectivity index (χ0n) is 7.72. The fourth-order valence-corrected chi connectivity index (χ4v) is 1.12. The molecule has 78 valence electrons. The summed E-state index contributed by atoms with van der Waals surface area (Å²) in [7, 11) is 1.43. The van der Waals surface area contributed by atoms with Crippen LogP contribution in [0, 0.1) is 30.2 Å². The number of halogens is 4. The Morgan fingerprint density at radius 1 is 0.929 bits per heavy atom. The van der Waals surface area contributed by atoms with E-state index >= 15 is 0 Å². The van der Waals surface area contributed by atoms with Gasteiger partial charge in [0.05, 0.1) is 0 Å². The van der Waals surface area contributed by atoms with E-state index in [0.717, 1.165) is 6.92 Å². The maximum atomic E-state index is 13.1. The van der Waals surface area contributed by atoms with Crippen LogP contribution in [0.1, 0.15) is 11.1 Å². The van der Waals surface area contributed by atoms with Crippen molar-refractivity contribution >= 4 is 0 Å². The van der Waals surface area contributed by atoms with Gasteiger partial charge in [-0.05, 0) is 14.0 Å². The van der Waals surface area contributed by atoms with Gasteiger partial charge in [-0.2, -0.15) is 0 Å². The van der Waals surface area contributed by atoms with Crippen LogP contribution in [0.2, 0.25) is 0 Å². The van der Waals surface area contributed by atoms with Gasteiger partial charge in [-0.15, -0.1) is 0 Å². The molecule has 0 unspecified atom stereocenters. The third-order valence-corrected chi connectivity index (χ3v) is 1.93. The molecular weight excluding hydrogens is 198 g/mol. The molecule has 0 aromatic heterocycles. The molecule has 0 fully saturated rings. The predicted molar refractivity (Wildman–Crippen MR) is 43.8 cm³/mol. The molecule has 1 nitrogen and oxygen atoms in total. The van der Waals surface area contributed by atoms with Gasteiger partial charge in [0.2, 0.25) is 0 Å². The Morgan fingerprint density at radius 3 is 1.71 bits per heavy atom. The molecule has 0 aliphatic rings. The van der Waals surface area contributed by atoms with E-state index < -0.39 is 34.4 Å². The summed E-state index contributed by atoms with van der Waals surface area (Å²) in [6.07, 6.45) is 0. The fraction of sp³-hybridized carbons (Fsp3) is 0.333. The van der Waals surface area contributed by atoms with Crippen LogP contribution in [0.15, 0.2) is 0 Å². The molecule has 0 amide bonds. The monoisotopic (exact) mass is 207 g/mol. The maximum absolute atomic E-state index is 13.1. The van der Waals surface area contributed by atoms with Crippen LogP contribution >= 0.6 is 0 Å². The van der Waals surface area contributed by atoms with Crippen molar-refractivity contribution in [2.24, 2.45) is 0 Å². The van der Waals surface area contributed by atoms with Gasteiger partial charge < -0.3 is 5.32 Å². The summed E-state index contributed by atoms with van der Waals surface area (Å²) in [5.41, 5.74) is -1.26. The van der Waals surface area contributed by atoms with Crippen LogP contribution in [-0.2, 0) is 6.54 Å². The van der Waals surface area contributed by atoms with Crippen molar-refractivity contribution in [1.82, 2.24) is 5.32 Å². The molecule has 0 saturated heterocycles. The third-order valence-electron chi connectivity index (χ3n) is 1.93. The SMILES string of the molecule is CNCc1c(F)c(F)c(C)c(F)c1F. The number of hydrogen-bond acceptors (Lipinski definition) is 1. The highest BCUT2D eigenvalue weighted by molar-refractivity contribution is 5.28. The topological polar surface area (TPSA) is 12.0 Å². The van der Waals surface area contributed by atoms with E-state index in [-0.39, 0.29) is 6.54 Å². The van der Waals surface area contributed by atoms with E-state index in [2.05, 4.69) is 5.32 Å². The van der Waals surface area contributed by atoms with Crippen molar-refractivity contribution < 1.29 is 17.6 Å². The van der Waals surface area contributed by atoms with Crippen LogP contribution in [0.4, 0.5) is 17.6 Å². The molecule has 1 aromatic rings. The van der Waals surface area contributed by atoms with Gasteiger partial charge in [-0.25, -0.2) is 17.6 Å². The second-order valence-electron chi connectivity index (χ2n) is 2.89. The number of benzene rings is 1. The number of rotatable bonds is 2. The van der Waals surface area contributed by atoms with E-state index in [1.807, 2.05) is 0 Å². The minimum atomic E-state index is -1.34. The molecule has 1 rings (SSSR count). The highest BCUT2D eigenvalue weighted by Crippen LogP contribution is 2.23. The summed E-state index contributed by atoms with van der Waals surface area (Å²) in [5, 5.41) is 2.43. The smallest absolute Gasteiger partial charge is 0.166 e. The molecule has 0 atom stereocenters. The Labute approximate surface area is 78.7 Å². The summed E-state index contributed by atoms with van der Waals surface area (Å²) < 4.78 is 52.0. The lowest BCUT2D eigenvalue weighted by molar-refractivity contribution is 0.427. The quantitative estimate of drug-likeness (QED) is 0.579. The first-order chi connectivity index (χ1) is 6.50. The second kappa shape index (κ2) is 3.96. The van der Waals surface area contributed by atoms with Crippen LogP contribution in [0.25, 0.3) is 0 Å². The van der Waals surface area contributed by atoms with Crippen molar-refractivity contribution in [2.75, 3.05) is 7.05 Å². The van der Waals surface area contributed by atoms with Crippen molar-refractivity contribution in [1.29, 1.82) is 0 Å². The molecule has 0 saturated carbocycles. The molecule has 5 heteroatoms. The highest BCUT2D eigenvalue weighted by atomic mass is 19.2. The average Bonchev–Trinajstić information content (AvgIpc) is 2.19. The molecule has 0 radical (unpaired) electrons. The molecule has 0 aliphatic carbocycles. The normalized spacial score (nSPS) is 10.7. The zero-order chi connectivity index (χ0) is 10.9. The fourth-order valence-electron chi connectivity index (χ4n) is 1.12. The molecule has 0 bridgehead atoms. The average molecular weight is 207 g/mol. The number of hydrogen-bond donors (Lipinski definition) is 1. The van der Waals surface area contributed by atoms with Crippen LogP contribution in [0.3, 0.4) is 0 Å². The van der Waals surface area contributed by atoms with Crippen molar-refractivity contribution in [2.45, 2.75) is 13.5 Å². The highest BCUT2D eigenvalue weighted by Gasteiger charge is 2.21. The Bertz CT molecular complexity index is 333. The van der Waals surface area contributed by atoms with E-state index in [0.29, 0.717) is 0 Å². The lowest BCUT2D eigenvalue weighted by Gasteiger charge is -2.08. The van der Waals surface area contributed by atoms with E-state index in [1.54, 1.807) is 0 Å². The Morgan fingerprint density at radius 2 is 1.36 bits per heavy atom. The van der Waals surface area contributed by atoms with Crippen molar-refractivity contribution in [3.05, 3.63) is 34.4 Å². The van der Waals surface area contributed by atoms with Gasteiger partial charge >= 0.3 is 0 Å². The van der Waals surface area contributed by atoms with Crippen molar-refractivity contribution in [3.8, 4) is 0 Å². The Balaban J connectivity index is 3.43. The molecule has 1 N–H and O–H groups in total.